The quantitative estimate of drug-likeness (QED) is 0.787. The van der Waals surface area contributed by atoms with Gasteiger partial charge in [0.1, 0.15) is 5.75 Å². The SMILES string of the molecule is COc1ccc(C)cc1NC(=O)NCCSC(C)C. The van der Waals surface area contributed by atoms with E-state index in [2.05, 4.69) is 24.5 Å². The van der Waals surface area contributed by atoms with E-state index in [9.17, 15) is 4.79 Å². The lowest BCUT2D eigenvalue weighted by Gasteiger charge is -2.12. The molecule has 0 unspecified atom stereocenters. The van der Waals surface area contributed by atoms with E-state index in [-0.39, 0.29) is 6.03 Å². The summed E-state index contributed by atoms with van der Waals surface area (Å²) in [7, 11) is 1.59. The van der Waals surface area contributed by atoms with Gasteiger partial charge < -0.3 is 15.4 Å². The van der Waals surface area contributed by atoms with Crippen molar-refractivity contribution in [2.45, 2.75) is 26.0 Å². The second kappa shape index (κ2) is 7.94. The van der Waals surface area contributed by atoms with E-state index in [1.54, 1.807) is 7.11 Å². The minimum absolute atomic E-state index is 0.201. The van der Waals surface area contributed by atoms with Crippen LogP contribution in [0.1, 0.15) is 19.4 Å². The number of hydrogen-bond donors (Lipinski definition) is 2. The second-order valence-electron chi connectivity index (χ2n) is 4.50. The maximum Gasteiger partial charge on any atom is 0.319 e. The summed E-state index contributed by atoms with van der Waals surface area (Å²) in [5.41, 5.74) is 1.77. The zero-order valence-electron chi connectivity index (χ0n) is 11.9. The normalized spacial score (nSPS) is 10.4. The Morgan fingerprint density at radius 1 is 1.42 bits per heavy atom. The highest BCUT2D eigenvalue weighted by Crippen LogP contribution is 2.24. The first kappa shape index (κ1) is 15.7. The number of thioether (sulfide) groups is 1. The van der Waals surface area contributed by atoms with Gasteiger partial charge in [-0.2, -0.15) is 11.8 Å². The fourth-order valence-electron chi connectivity index (χ4n) is 1.55. The van der Waals surface area contributed by atoms with Gasteiger partial charge >= 0.3 is 6.03 Å². The monoisotopic (exact) mass is 282 g/mol. The largest absolute Gasteiger partial charge is 0.495 e. The van der Waals surface area contributed by atoms with E-state index < -0.39 is 0 Å². The van der Waals surface area contributed by atoms with E-state index in [0.717, 1.165) is 11.3 Å². The van der Waals surface area contributed by atoms with Gasteiger partial charge in [0.05, 0.1) is 12.8 Å². The Labute approximate surface area is 119 Å². The predicted molar refractivity (Wildman–Crippen MR) is 82.3 cm³/mol. The standard InChI is InChI=1S/C14H22N2O2S/c1-10(2)19-8-7-15-14(17)16-12-9-11(3)5-6-13(12)18-4/h5-6,9-10H,7-8H2,1-4H3,(H2,15,16,17). The first-order chi connectivity index (χ1) is 9.02. The van der Waals surface area contributed by atoms with Crippen molar-refractivity contribution in [1.29, 1.82) is 0 Å². The third-order valence-electron chi connectivity index (χ3n) is 2.44. The molecule has 1 aromatic carbocycles. The van der Waals surface area contributed by atoms with Gasteiger partial charge in [-0.05, 0) is 29.9 Å². The van der Waals surface area contributed by atoms with Gasteiger partial charge in [-0.25, -0.2) is 4.79 Å². The van der Waals surface area contributed by atoms with E-state index in [4.69, 9.17) is 4.74 Å². The summed E-state index contributed by atoms with van der Waals surface area (Å²) >= 11 is 1.82. The molecule has 0 spiro atoms. The molecule has 0 heterocycles. The lowest BCUT2D eigenvalue weighted by molar-refractivity contribution is 0.252. The Balaban J connectivity index is 2.45. The van der Waals surface area contributed by atoms with E-state index in [1.165, 1.54) is 0 Å². The molecule has 0 bridgehead atoms. The lowest BCUT2D eigenvalue weighted by atomic mass is 10.2. The summed E-state index contributed by atoms with van der Waals surface area (Å²) in [5.74, 6) is 1.58. The fourth-order valence-corrected chi connectivity index (χ4v) is 2.24. The van der Waals surface area contributed by atoms with Crippen LogP contribution >= 0.6 is 11.8 Å². The number of aryl methyl sites for hydroxylation is 1. The Morgan fingerprint density at radius 2 is 2.16 bits per heavy atom. The molecule has 1 aromatic rings. The van der Waals surface area contributed by atoms with Crippen molar-refractivity contribution in [2.24, 2.45) is 0 Å². The summed E-state index contributed by atoms with van der Waals surface area (Å²) in [6.07, 6.45) is 0. The zero-order valence-corrected chi connectivity index (χ0v) is 12.8. The van der Waals surface area contributed by atoms with Crippen LogP contribution in [0.2, 0.25) is 0 Å². The van der Waals surface area contributed by atoms with E-state index in [1.807, 2.05) is 36.9 Å². The molecule has 4 nitrogen and oxygen atoms in total. The van der Waals surface area contributed by atoms with Crippen LogP contribution in [0.15, 0.2) is 18.2 Å². The second-order valence-corrected chi connectivity index (χ2v) is 6.19. The molecule has 19 heavy (non-hydrogen) atoms. The summed E-state index contributed by atoms with van der Waals surface area (Å²) in [6.45, 7) is 6.91. The maximum atomic E-state index is 11.7. The molecule has 0 saturated carbocycles. The van der Waals surface area contributed by atoms with Gasteiger partial charge in [-0.1, -0.05) is 19.9 Å². The number of ether oxygens (including phenoxy) is 1. The van der Waals surface area contributed by atoms with Crippen molar-refractivity contribution in [3.63, 3.8) is 0 Å². The fraction of sp³-hybridized carbons (Fsp3) is 0.500. The molecule has 0 atom stereocenters. The molecule has 0 saturated heterocycles. The maximum absolute atomic E-state index is 11.7. The van der Waals surface area contributed by atoms with Crippen LogP contribution < -0.4 is 15.4 Å². The van der Waals surface area contributed by atoms with Crippen LogP contribution in [0.4, 0.5) is 10.5 Å². The van der Waals surface area contributed by atoms with E-state index in [0.29, 0.717) is 23.2 Å². The number of nitrogens with one attached hydrogen (secondary N) is 2. The van der Waals surface area contributed by atoms with Gasteiger partial charge in [0.2, 0.25) is 0 Å². The number of rotatable bonds is 6. The minimum Gasteiger partial charge on any atom is -0.495 e. The Morgan fingerprint density at radius 3 is 2.79 bits per heavy atom. The van der Waals surface area contributed by atoms with Gasteiger partial charge in [0, 0.05) is 12.3 Å². The Bertz CT molecular complexity index is 422. The molecule has 0 aliphatic heterocycles. The first-order valence-corrected chi connectivity index (χ1v) is 7.39. The van der Waals surface area contributed by atoms with Crippen molar-refractivity contribution in [1.82, 2.24) is 5.32 Å². The molecule has 2 N–H and O–H groups in total. The highest BCUT2D eigenvalue weighted by Gasteiger charge is 2.07. The number of methoxy groups -OCH3 is 1. The van der Waals surface area contributed by atoms with Gasteiger partial charge in [0.15, 0.2) is 0 Å². The van der Waals surface area contributed by atoms with Crippen molar-refractivity contribution in [2.75, 3.05) is 24.7 Å². The highest BCUT2D eigenvalue weighted by atomic mass is 32.2. The number of amides is 2. The predicted octanol–water partition coefficient (Wildman–Crippen LogP) is 3.27. The van der Waals surface area contributed by atoms with Crippen LogP contribution in [0.3, 0.4) is 0 Å². The van der Waals surface area contributed by atoms with Crippen LogP contribution in [-0.2, 0) is 0 Å². The third-order valence-corrected chi connectivity index (χ3v) is 3.55. The van der Waals surface area contributed by atoms with Gasteiger partial charge in [0.25, 0.3) is 0 Å². The molecular formula is C14H22N2O2S. The minimum atomic E-state index is -0.201. The van der Waals surface area contributed by atoms with Crippen LogP contribution in [0, 0.1) is 6.92 Å². The average molecular weight is 282 g/mol. The van der Waals surface area contributed by atoms with Crippen molar-refractivity contribution < 1.29 is 9.53 Å². The molecule has 2 amide bonds. The zero-order chi connectivity index (χ0) is 14.3. The van der Waals surface area contributed by atoms with Crippen molar-refractivity contribution >= 4 is 23.5 Å². The number of carbonyl (C=O) groups is 1. The first-order valence-electron chi connectivity index (χ1n) is 6.34. The molecule has 0 radical (unpaired) electrons. The molecular weight excluding hydrogens is 260 g/mol. The Hall–Kier alpha value is -1.36. The molecule has 0 fully saturated rings. The lowest BCUT2D eigenvalue weighted by Crippen LogP contribution is -2.30. The summed E-state index contributed by atoms with van der Waals surface area (Å²) in [4.78, 5) is 11.7. The Kier molecular flexibility index (Phi) is 6.56. The summed E-state index contributed by atoms with van der Waals surface area (Å²) < 4.78 is 5.21. The van der Waals surface area contributed by atoms with Crippen LogP contribution in [-0.4, -0.2) is 30.7 Å². The van der Waals surface area contributed by atoms with E-state index >= 15 is 0 Å². The van der Waals surface area contributed by atoms with Crippen LogP contribution in [0.25, 0.3) is 0 Å². The molecule has 0 aliphatic rings. The topological polar surface area (TPSA) is 50.4 Å². The average Bonchev–Trinajstić information content (AvgIpc) is 2.35. The number of hydrogen-bond acceptors (Lipinski definition) is 3. The molecule has 5 heteroatoms. The molecule has 106 valence electrons. The number of urea groups is 1. The van der Waals surface area contributed by atoms with Gasteiger partial charge in [-0.15, -0.1) is 0 Å². The number of benzene rings is 1. The van der Waals surface area contributed by atoms with Crippen LogP contribution in [0.5, 0.6) is 5.75 Å². The smallest absolute Gasteiger partial charge is 0.319 e. The number of anilines is 1. The van der Waals surface area contributed by atoms with Crippen molar-refractivity contribution in [3.05, 3.63) is 23.8 Å². The third kappa shape index (κ3) is 5.87. The highest BCUT2D eigenvalue weighted by molar-refractivity contribution is 7.99. The van der Waals surface area contributed by atoms with Crippen molar-refractivity contribution in [3.8, 4) is 5.75 Å². The summed E-state index contributed by atoms with van der Waals surface area (Å²) in [6, 6.07) is 5.48. The number of carbonyl (C=O) groups excluding carboxylic acids is 1. The molecule has 0 aliphatic carbocycles. The molecule has 1 rings (SSSR count). The van der Waals surface area contributed by atoms with Gasteiger partial charge in [-0.3, -0.25) is 0 Å². The summed E-state index contributed by atoms with van der Waals surface area (Å²) in [5, 5.41) is 6.22. The molecule has 0 aromatic heterocycles.